The van der Waals surface area contributed by atoms with Crippen LogP contribution >= 0.6 is 7.82 Å². The number of hydrogen-bond donors (Lipinski definition) is 4. The number of hydrogen-bond acceptors (Lipinski definition) is 4. The smallest absolute Gasteiger partial charge is 0.385 e. The largest absolute Gasteiger partial charge is 0.469 e. The van der Waals surface area contributed by atoms with Crippen molar-refractivity contribution >= 4 is 13.7 Å². The second-order valence-electron chi connectivity index (χ2n) is 8.62. The fraction of sp³-hybridized carbons (Fsp3) is 0.950. The number of unbranched alkanes of at least 4 members (excludes halogenated alkanes) is 4. The van der Waals surface area contributed by atoms with Gasteiger partial charge in [-0.15, -0.1) is 0 Å². The van der Waals surface area contributed by atoms with Crippen molar-refractivity contribution in [1.29, 1.82) is 0 Å². The number of rotatable bonds is 18. The van der Waals surface area contributed by atoms with E-state index in [-0.39, 0.29) is 11.8 Å². The lowest BCUT2D eigenvalue weighted by molar-refractivity contribution is -0.893. The van der Waals surface area contributed by atoms with E-state index < -0.39 is 20.5 Å². The first kappa shape index (κ1) is 28.5. The van der Waals surface area contributed by atoms with E-state index in [1.54, 1.807) is 0 Å². The number of carbonyl (C=O) groups excluding carboxylic acids is 1. The molecule has 0 aromatic carbocycles. The Labute approximate surface area is 176 Å². The maximum absolute atomic E-state index is 12.5. The molecule has 8 nitrogen and oxygen atoms in total. The van der Waals surface area contributed by atoms with Gasteiger partial charge in [0.1, 0.15) is 12.6 Å². The van der Waals surface area contributed by atoms with E-state index in [9.17, 15) is 14.5 Å². The van der Waals surface area contributed by atoms with Gasteiger partial charge in [0.15, 0.2) is 0 Å². The minimum absolute atomic E-state index is 0.0981. The van der Waals surface area contributed by atoms with Crippen molar-refractivity contribution in [3.05, 3.63) is 0 Å². The first-order chi connectivity index (χ1) is 13.5. The molecule has 0 aromatic rings. The van der Waals surface area contributed by atoms with E-state index in [0.717, 1.165) is 45.1 Å². The van der Waals surface area contributed by atoms with Gasteiger partial charge in [-0.1, -0.05) is 52.4 Å². The summed E-state index contributed by atoms with van der Waals surface area (Å²) >= 11 is 0. The molecular weight excluding hydrogens is 395 g/mol. The molecule has 0 rings (SSSR count). The summed E-state index contributed by atoms with van der Waals surface area (Å²) in [5.74, 6) is 0.247. The van der Waals surface area contributed by atoms with Crippen molar-refractivity contribution in [2.45, 2.75) is 77.7 Å². The van der Waals surface area contributed by atoms with Crippen LogP contribution in [-0.4, -0.2) is 71.7 Å². The van der Waals surface area contributed by atoms with Crippen molar-refractivity contribution in [2.75, 3.05) is 40.3 Å². The summed E-state index contributed by atoms with van der Waals surface area (Å²) < 4.78 is 15.5. The highest BCUT2D eigenvalue weighted by molar-refractivity contribution is 7.46. The van der Waals surface area contributed by atoms with Crippen molar-refractivity contribution in [3.63, 3.8) is 0 Å². The average Bonchev–Trinajstić information content (AvgIpc) is 2.62. The Balaban J connectivity index is 4.23. The van der Waals surface area contributed by atoms with Gasteiger partial charge in [0.05, 0.1) is 27.2 Å². The normalized spacial score (nSPS) is 14.6. The van der Waals surface area contributed by atoms with Crippen LogP contribution in [0.2, 0.25) is 0 Å². The minimum atomic E-state index is -4.57. The van der Waals surface area contributed by atoms with Gasteiger partial charge in [-0.3, -0.25) is 9.32 Å². The van der Waals surface area contributed by atoms with Gasteiger partial charge in [-0.05, 0) is 12.8 Å². The van der Waals surface area contributed by atoms with Gasteiger partial charge >= 0.3 is 7.82 Å². The van der Waals surface area contributed by atoms with E-state index in [2.05, 4.69) is 23.7 Å². The molecule has 2 unspecified atom stereocenters. The molecule has 0 heterocycles. The van der Waals surface area contributed by atoms with Gasteiger partial charge in [-0.2, -0.15) is 0 Å². The zero-order valence-corrected chi connectivity index (χ0v) is 19.7. The Morgan fingerprint density at radius 1 is 1.03 bits per heavy atom. The lowest BCUT2D eigenvalue weighted by atomic mass is 9.94. The number of nitrogens with zero attached hydrogens (tertiary/aromatic N) is 1. The van der Waals surface area contributed by atoms with E-state index in [0.29, 0.717) is 17.6 Å². The van der Waals surface area contributed by atoms with Gasteiger partial charge in [-0.25, -0.2) is 4.57 Å². The summed E-state index contributed by atoms with van der Waals surface area (Å²) in [5.41, 5.74) is 0. The number of quaternary nitrogens is 1. The number of aliphatic hydroxyl groups excluding tert-OH is 1. The zero-order valence-electron chi connectivity index (χ0n) is 18.8. The summed E-state index contributed by atoms with van der Waals surface area (Å²) in [6, 6.07) is 0. The first-order valence-electron chi connectivity index (χ1n) is 11.0. The Kier molecular flexibility index (Phi) is 15.1. The first-order valence-corrected chi connectivity index (χ1v) is 12.5. The number of carbonyl (C=O) groups is 1. The molecular formula is C20H44N2O6P+. The molecule has 0 aromatic heterocycles. The molecule has 0 aliphatic rings. The Morgan fingerprint density at radius 3 is 2.24 bits per heavy atom. The van der Waals surface area contributed by atoms with Crippen LogP contribution < -0.4 is 5.32 Å². The van der Waals surface area contributed by atoms with Crippen LogP contribution in [0.4, 0.5) is 0 Å². The highest BCUT2D eigenvalue weighted by Crippen LogP contribution is 2.35. The topological polar surface area (TPSA) is 116 Å². The fourth-order valence-electron chi connectivity index (χ4n) is 3.44. The Morgan fingerprint density at radius 2 is 1.66 bits per heavy atom. The van der Waals surface area contributed by atoms with E-state index >= 15 is 0 Å². The number of aliphatic hydroxyl groups is 1. The molecule has 0 bridgehead atoms. The van der Waals surface area contributed by atoms with Crippen molar-refractivity contribution < 1.29 is 33.3 Å². The SMILES string of the molecule is CCCCCCC(CCCC)C(=O)NCCC[N+](C)(C)CC(O)COP(=O)(O)O. The zero-order chi connectivity index (χ0) is 22.3. The van der Waals surface area contributed by atoms with Crippen LogP contribution in [-0.2, 0) is 13.9 Å². The van der Waals surface area contributed by atoms with Gasteiger partial charge < -0.3 is 24.7 Å². The molecule has 2 atom stereocenters. The Hall–Kier alpha value is -0.500. The predicted octanol–water partition coefficient (Wildman–Crippen LogP) is 2.82. The van der Waals surface area contributed by atoms with Crippen LogP contribution in [0.15, 0.2) is 0 Å². The van der Waals surface area contributed by atoms with Gasteiger partial charge in [0, 0.05) is 18.9 Å². The molecule has 0 radical (unpaired) electrons. The maximum atomic E-state index is 12.5. The summed E-state index contributed by atoms with van der Waals surface area (Å²) in [6.07, 6.45) is 8.58. The molecule has 174 valence electrons. The molecule has 0 spiro atoms. The molecule has 9 heteroatoms. The van der Waals surface area contributed by atoms with E-state index in [1.165, 1.54) is 19.3 Å². The number of phosphoric ester groups is 1. The molecule has 0 aliphatic carbocycles. The quantitative estimate of drug-likeness (QED) is 0.148. The monoisotopic (exact) mass is 439 g/mol. The second-order valence-corrected chi connectivity index (χ2v) is 9.85. The lowest BCUT2D eigenvalue weighted by Crippen LogP contribution is -2.48. The summed E-state index contributed by atoms with van der Waals surface area (Å²) in [7, 11) is -0.705. The standard InChI is InChI=1S/C20H43N2O6P/c1-5-7-9-10-13-18(12-8-6-2)20(24)21-14-11-15-22(3,4)16-19(23)17-28-29(25,26)27/h18-19,23H,5-17H2,1-4H3,(H2-,21,24,25,26,27)/p+1. The number of amides is 1. The van der Waals surface area contributed by atoms with Crippen LogP contribution in [0.1, 0.15) is 71.6 Å². The minimum Gasteiger partial charge on any atom is -0.385 e. The summed E-state index contributed by atoms with van der Waals surface area (Å²) in [4.78, 5) is 30.0. The van der Waals surface area contributed by atoms with Gasteiger partial charge in [0.25, 0.3) is 0 Å². The third-order valence-electron chi connectivity index (χ3n) is 5.06. The highest BCUT2D eigenvalue weighted by atomic mass is 31.2. The number of likely N-dealkylation sites (N-methyl/N-ethyl adjacent to an activating group) is 1. The fourth-order valence-corrected chi connectivity index (χ4v) is 3.80. The molecule has 0 aliphatic heterocycles. The Bertz CT molecular complexity index is 484. The lowest BCUT2D eigenvalue weighted by Gasteiger charge is -2.32. The van der Waals surface area contributed by atoms with Crippen molar-refractivity contribution in [2.24, 2.45) is 5.92 Å². The number of phosphoric acid groups is 1. The summed E-state index contributed by atoms with van der Waals surface area (Å²) in [6.45, 7) is 5.55. The van der Waals surface area contributed by atoms with Crippen LogP contribution in [0, 0.1) is 5.92 Å². The third-order valence-corrected chi connectivity index (χ3v) is 5.55. The van der Waals surface area contributed by atoms with Crippen molar-refractivity contribution in [3.8, 4) is 0 Å². The molecule has 0 fully saturated rings. The van der Waals surface area contributed by atoms with Crippen LogP contribution in [0.5, 0.6) is 0 Å². The maximum Gasteiger partial charge on any atom is 0.469 e. The highest BCUT2D eigenvalue weighted by Gasteiger charge is 2.24. The van der Waals surface area contributed by atoms with E-state index in [4.69, 9.17) is 9.79 Å². The summed E-state index contributed by atoms with van der Waals surface area (Å²) in [5, 5.41) is 13.0. The van der Waals surface area contributed by atoms with Crippen molar-refractivity contribution in [1.82, 2.24) is 5.32 Å². The van der Waals surface area contributed by atoms with Gasteiger partial charge in [0.2, 0.25) is 5.91 Å². The molecule has 4 N–H and O–H groups in total. The third kappa shape index (κ3) is 16.9. The molecule has 0 saturated heterocycles. The molecule has 1 amide bonds. The molecule has 29 heavy (non-hydrogen) atoms. The van der Waals surface area contributed by atoms with Crippen LogP contribution in [0.3, 0.4) is 0 Å². The molecule has 0 saturated carbocycles. The number of nitrogens with one attached hydrogen (secondary N) is 1. The van der Waals surface area contributed by atoms with Crippen LogP contribution in [0.25, 0.3) is 0 Å². The predicted molar refractivity (Wildman–Crippen MR) is 115 cm³/mol. The van der Waals surface area contributed by atoms with E-state index in [1.807, 2.05) is 14.1 Å². The average molecular weight is 440 g/mol. The second kappa shape index (κ2) is 15.3.